The lowest BCUT2D eigenvalue weighted by Gasteiger charge is -2.12. The van der Waals surface area contributed by atoms with Crippen LogP contribution in [0.4, 0.5) is 13.2 Å². The SMILES string of the molecule is O[C@H](C[NH2+]Cc1cc2ccccc2s1)C(F)(F)F. The number of aliphatic hydroxyl groups is 1. The molecule has 0 aliphatic heterocycles. The largest absolute Gasteiger partial charge is 0.419 e. The van der Waals surface area contributed by atoms with Gasteiger partial charge in [-0.2, -0.15) is 13.2 Å². The molecule has 0 aliphatic rings. The van der Waals surface area contributed by atoms with Crippen LogP contribution in [0.15, 0.2) is 30.3 Å². The van der Waals surface area contributed by atoms with Crippen LogP contribution in [0.1, 0.15) is 4.88 Å². The van der Waals surface area contributed by atoms with Crippen LogP contribution < -0.4 is 5.32 Å². The molecule has 2 nitrogen and oxygen atoms in total. The fraction of sp³-hybridized carbons (Fsp3) is 0.333. The van der Waals surface area contributed by atoms with E-state index in [1.807, 2.05) is 30.3 Å². The molecule has 0 aliphatic carbocycles. The third kappa shape index (κ3) is 3.22. The molecule has 1 heterocycles. The fourth-order valence-corrected chi connectivity index (χ4v) is 2.72. The van der Waals surface area contributed by atoms with Gasteiger partial charge in [0.2, 0.25) is 0 Å². The second-order valence-corrected chi connectivity index (χ2v) is 5.20. The zero-order chi connectivity index (χ0) is 13.2. The van der Waals surface area contributed by atoms with Gasteiger partial charge < -0.3 is 10.4 Å². The standard InChI is InChI=1S/C12H12F3NOS/c13-12(14,15)11(17)7-16-6-9-5-8-3-1-2-4-10(8)18-9/h1-5,11,16-17H,6-7H2/p+1/t11-/m1/s1. The van der Waals surface area contributed by atoms with Crippen LogP contribution in [0, 0.1) is 0 Å². The Morgan fingerprint density at radius 1 is 1.28 bits per heavy atom. The molecule has 0 bridgehead atoms. The predicted octanol–water partition coefficient (Wildman–Crippen LogP) is 1.89. The number of quaternary nitrogens is 1. The number of benzene rings is 1. The van der Waals surface area contributed by atoms with E-state index in [0.717, 1.165) is 15.0 Å². The first-order chi connectivity index (χ1) is 8.47. The van der Waals surface area contributed by atoms with Crippen molar-refractivity contribution in [3.63, 3.8) is 0 Å². The predicted molar refractivity (Wildman–Crippen MR) is 64.4 cm³/mol. The van der Waals surface area contributed by atoms with Crippen molar-refractivity contribution in [3.05, 3.63) is 35.2 Å². The lowest BCUT2D eigenvalue weighted by atomic mass is 10.2. The summed E-state index contributed by atoms with van der Waals surface area (Å²) in [4.78, 5) is 1.01. The smallest absolute Gasteiger partial charge is 0.379 e. The second kappa shape index (κ2) is 5.26. The Morgan fingerprint density at radius 2 is 2.00 bits per heavy atom. The summed E-state index contributed by atoms with van der Waals surface area (Å²) in [7, 11) is 0. The Bertz CT molecular complexity index is 490. The molecule has 98 valence electrons. The van der Waals surface area contributed by atoms with Crippen molar-refractivity contribution in [3.8, 4) is 0 Å². The molecular formula is C12H13F3NOS+. The monoisotopic (exact) mass is 276 g/mol. The molecule has 0 unspecified atom stereocenters. The molecule has 0 spiro atoms. The van der Waals surface area contributed by atoms with Crippen LogP contribution in [0.5, 0.6) is 0 Å². The number of rotatable bonds is 4. The summed E-state index contributed by atoms with van der Waals surface area (Å²) in [6, 6.07) is 9.78. The molecule has 2 aromatic rings. The summed E-state index contributed by atoms with van der Waals surface area (Å²) in [6.45, 7) is 0.0875. The van der Waals surface area contributed by atoms with Crippen LogP contribution in [-0.4, -0.2) is 23.9 Å². The maximum Gasteiger partial charge on any atom is 0.419 e. The van der Waals surface area contributed by atoms with E-state index < -0.39 is 12.3 Å². The molecule has 0 radical (unpaired) electrons. The minimum absolute atomic E-state index is 0.363. The number of fused-ring (bicyclic) bond motifs is 1. The molecule has 18 heavy (non-hydrogen) atoms. The van der Waals surface area contributed by atoms with Crippen molar-refractivity contribution in [1.29, 1.82) is 0 Å². The number of hydrogen-bond acceptors (Lipinski definition) is 2. The van der Waals surface area contributed by atoms with Gasteiger partial charge in [-0.15, -0.1) is 11.3 Å². The molecule has 1 aromatic carbocycles. The number of aliphatic hydroxyl groups excluding tert-OH is 1. The van der Waals surface area contributed by atoms with E-state index in [1.165, 1.54) is 5.32 Å². The van der Waals surface area contributed by atoms with Gasteiger partial charge in [-0.05, 0) is 17.5 Å². The van der Waals surface area contributed by atoms with Crippen molar-refractivity contribution >= 4 is 21.4 Å². The van der Waals surface area contributed by atoms with E-state index in [2.05, 4.69) is 0 Å². The molecule has 2 rings (SSSR count). The minimum Gasteiger partial charge on any atom is -0.379 e. The Morgan fingerprint density at radius 3 is 2.67 bits per heavy atom. The number of thiophene rings is 1. The third-order valence-electron chi connectivity index (χ3n) is 2.59. The third-order valence-corrected chi connectivity index (χ3v) is 3.73. The van der Waals surface area contributed by atoms with E-state index in [1.54, 1.807) is 11.3 Å². The van der Waals surface area contributed by atoms with Crippen molar-refractivity contribution in [2.45, 2.75) is 18.8 Å². The molecule has 3 N–H and O–H groups in total. The van der Waals surface area contributed by atoms with Gasteiger partial charge in [0.15, 0.2) is 6.10 Å². The van der Waals surface area contributed by atoms with Gasteiger partial charge in [-0.1, -0.05) is 18.2 Å². The zero-order valence-corrected chi connectivity index (χ0v) is 10.3. The normalized spacial score (nSPS) is 14.0. The van der Waals surface area contributed by atoms with E-state index in [-0.39, 0.29) is 6.54 Å². The summed E-state index contributed by atoms with van der Waals surface area (Å²) in [5, 5.41) is 11.4. The van der Waals surface area contributed by atoms with Gasteiger partial charge >= 0.3 is 6.18 Å². The summed E-state index contributed by atoms with van der Waals surface area (Å²) in [5.74, 6) is 0. The lowest BCUT2D eigenvalue weighted by molar-refractivity contribution is -0.679. The van der Waals surface area contributed by atoms with Crippen LogP contribution in [-0.2, 0) is 6.54 Å². The number of alkyl halides is 3. The molecule has 0 fully saturated rings. The highest BCUT2D eigenvalue weighted by atomic mass is 32.1. The topological polar surface area (TPSA) is 36.8 Å². The Hall–Kier alpha value is -1.11. The Labute approximate surface area is 106 Å². The quantitative estimate of drug-likeness (QED) is 0.879. The van der Waals surface area contributed by atoms with Crippen LogP contribution >= 0.6 is 11.3 Å². The highest BCUT2D eigenvalue weighted by Gasteiger charge is 2.39. The summed E-state index contributed by atoms with van der Waals surface area (Å²) in [6.07, 6.45) is -6.79. The summed E-state index contributed by atoms with van der Waals surface area (Å²) in [5.41, 5.74) is 0. The highest BCUT2D eigenvalue weighted by Crippen LogP contribution is 2.24. The van der Waals surface area contributed by atoms with E-state index in [4.69, 9.17) is 5.11 Å². The maximum absolute atomic E-state index is 12.1. The first kappa shape index (κ1) is 13.3. The van der Waals surface area contributed by atoms with Gasteiger partial charge in [0.05, 0.1) is 4.88 Å². The first-order valence-electron chi connectivity index (χ1n) is 5.51. The molecule has 0 saturated carbocycles. The number of nitrogens with two attached hydrogens (primary N) is 1. The van der Waals surface area contributed by atoms with Gasteiger partial charge in [0, 0.05) is 4.70 Å². The lowest BCUT2D eigenvalue weighted by Crippen LogP contribution is -2.85. The van der Waals surface area contributed by atoms with Crippen molar-refractivity contribution in [2.75, 3.05) is 6.54 Å². The van der Waals surface area contributed by atoms with E-state index in [0.29, 0.717) is 6.54 Å². The average Bonchev–Trinajstić information content (AvgIpc) is 2.70. The molecule has 1 atom stereocenters. The number of halogens is 3. The molecular weight excluding hydrogens is 263 g/mol. The fourth-order valence-electron chi connectivity index (χ4n) is 1.65. The Balaban J connectivity index is 1.91. The van der Waals surface area contributed by atoms with Crippen LogP contribution in [0.3, 0.4) is 0 Å². The molecule has 0 amide bonds. The first-order valence-corrected chi connectivity index (χ1v) is 6.32. The van der Waals surface area contributed by atoms with E-state index in [9.17, 15) is 13.2 Å². The van der Waals surface area contributed by atoms with Crippen molar-refractivity contribution in [1.82, 2.24) is 0 Å². The Kier molecular flexibility index (Phi) is 3.89. The van der Waals surface area contributed by atoms with Crippen molar-refractivity contribution < 1.29 is 23.6 Å². The summed E-state index contributed by atoms with van der Waals surface area (Å²) >= 11 is 1.56. The molecule has 1 aromatic heterocycles. The number of hydrogen-bond donors (Lipinski definition) is 2. The average molecular weight is 276 g/mol. The van der Waals surface area contributed by atoms with Crippen LogP contribution in [0.25, 0.3) is 10.1 Å². The minimum atomic E-state index is -4.53. The zero-order valence-electron chi connectivity index (χ0n) is 9.45. The van der Waals surface area contributed by atoms with Gasteiger partial charge in [-0.25, -0.2) is 0 Å². The van der Waals surface area contributed by atoms with Crippen LogP contribution in [0.2, 0.25) is 0 Å². The molecule has 0 saturated heterocycles. The molecule has 6 heteroatoms. The van der Waals surface area contributed by atoms with E-state index >= 15 is 0 Å². The summed E-state index contributed by atoms with van der Waals surface area (Å²) < 4.78 is 37.3. The van der Waals surface area contributed by atoms with Gasteiger partial charge in [0.25, 0.3) is 0 Å². The van der Waals surface area contributed by atoms with Crippen molar-refractivity contribution in [2.24, 2.45) is 0 Å². The second-order valence-electron chi connectivity index (χ2n) is 4.04. The maximum atomic E-state index is 12.1. The van der Waals surface area contributed by atoms with Gasteiger partial charge in [-0.3, -0.25) is 0 Å². The highest BCUT2D eigenvalue weighted by molar-refractivity contribution is 7.19. The van der Waals surface area contributed by atoms with Gasteiger partial charge in [0.1, 0.15) is 13.1 Å².